The summed E-state index contributed by atoms with van der Waals surface area (Å²) in [5.41, 5.74) is 12.1. The topological polar surface area (TPSA) is 108 Å². The lowest BCUT2D eigenvalue weighted by molar-refractivity contribution is 0.354. The molecule has 0 aliphatic carbocycles. The molecule has 0 unspecified atom stereocenters. The monoisotopic (exact) mass is 275 g/mol. The highest BCUT2D eigenvalue weighted by Crippen LogP contribution is 2.27. The van der Waals surface area contributed by atoms with E-state index in [1.807, 2.05) is 18.2 Å². The number of anilines is 3. The fourth-order valence-electron chi connectivity index (χ4n) is 1.76. The summed E-state index contributed by atoms with van der Waals surface area (Å²) >= 11 is 0. The van der Waals surface area contributed by atoms with Crippen molar-refractivity contribution in [2.75, 3.05) is 31.0 Å². The number of nitrogen functional groups attached to an aromatic ring is 2. The van der Waals surface area contributed by atoms with Crippen molar-refractivity contribution >= 4 is 17.6 Å². The van der Waals surface area contributed by atoms with E-state index < -0.39 is 0 Å². The van der Waals surface area contributed by atoms with Crippen LogP contribution in [0.25, 0.3) is 0 Å². The third-order valence-corrected chi connectivity index (χ3v) is 2.68. The zero-order valence-corrected chi connectivity index (χ0v) is 11.4. The third kappa shape index (κ3) is 3.19. The molecular weight excluding hydrogens is 258 g/mol. The Morgan fingerprint density at radius 1 is 1.05 bits per heavy atom. The molecule has 0 saturated heterocycles. The van der Waals surface area contributed by atoms with E-state index >= 15 is 0 Å². The van der Waals surface area contributed by atoms with Crippen molar-refractivity contribution in [3.8, 4) is 11.5 Å². The first-order valence-corrected chi connectivity index (χ1v) is 5.97. The zero-order chi connectivity index (χ0) is 14.5. The Balaban J connectivity index is 2.10. The van der Waals surface area contributed by atoms with Crippen LogP contribution in [0.3, 0.4) is 0 Å². The molecule has 0 aliphatic rings. The van der Waals surface area contributed by atoms with E-state index in [1.165, 1.54) is 0 Å². The molecule has 0 radical (unpaired) electrons. The first-order chi connectivity index (χ1) is 9.62. The number of methoxy groups -OCH3 is 2. The number of hydrogen-bond acceptors (Lipinski definition) is 7. The van der Waals surface area contributed by atoms with Crippen molar-refractivity contribution in [1.82, 2.24) is 9.97 Å². The van der Waals surface area contributed by atoms with Crippen LogP contribution in [0.15, 0.2) is 24.3 Å². The highest BCUT2D eigenvalue weighted by molar-refractivity contribution is 5.49. The van der Waals surface area contributed by atoms with Crippen LogP contribution in [0.2, 0.25) is 0 Å². The van der Waals surface area contributed by atoms with Gasteiger partial charge in [0, 0.05) is 12.6 Å². The van der Waals surface area contributed by atoms with Gasteiger partial charge in [0.2, 0.25) is 5.95 Å². The fraction of sp³-hybridized carbons (Fsp3) is 0.231. The summed E-state index contributed by atoms with van der Waals surface area (Å²) in [4.78, 5) is 7.85. The van der Waals surface area contributed by atoms with Crippen LogP contribution in [0, 0.1) is 0 Å². The third-order valence-electron chi connectivity index (χ3n) is 2.68. The fourth-order valence-corrected chi connectivity index (χ4v) is 1.76. The van der Waals surface area contributed by atoms with E-state index in [9.17, 15) is 0 Å². The minimum absolute atomic E-state index is 0.139. The van der Waals surface area contributed by atoms with Crippen LogP contribution in [-0.4, -0.2) is 24.2 Å². The largest absolute Gasteiger partial charge is 0.493 e. The van der Waals surface area contributed by atoms with E-state index in [2.05, 4.69) is 15.3 Å². The molecule has 2 aromatic rings. The summed E-state index contributed by atoms with van der Waals surface area (Å²) in [5.74, 6) is 2.40. The molecule has 1 aromatic carbocycles. The Labute approximate surface area is 116 Å². The molecule has 0 saturated carbocycles. The Hall–Kier alpha value is -2.70. The number of nitrogens with two attached hydrogens (primary N) is 2. The second-order valence-electron chi connectivity index (χ2n) is 4.08. The number of ether oxygens (including phenoxy) is 2. The average molecular weight is 275 g/mol. The minimum Gasteiger partial charge on any atom is -0.493 e. The van der Waals surface area contributed by atoms with Crippen molar-refractivity contribution in [1.29, 1.82) is 0 Å². The van der Waals surface area contributed by atoms with Gasteiger partial charge in [-0.2, -0.15) is 9.97 Å². The average Bonchev–Trinajstić information content (AvgIpc) is 2.43. The molecule has 0 fully saturated rings. The van der Waals surface area contributed by atoms with Gasteiger partial charge < -0.3 is 26.3 Å². The van der Waals surface area contributed by atoms with Gasteiger partial charge in [-0.15, -0.1) is 0 Å². The lowest BCUT2D eigenvalue weighted by Crippen LogP contribution is -2.06. The van der Waals surface area contributed by atoms with Gasteiger partial charge >= 0.3 is 0 Å². The molecule has 1 aromatic heterocycles. The molecule has 106 valence electrons. The first kappa shape index (κ1) is 13.7. The van der Waals surface area contributed by atoms with Crippen molar-refractivity contribution in [2.24, 2.45) is 0 Å². The van der Waals surface area contributed by atoms with Crippen molar-refractivity contribution in [3.05, 3.63) is 29.8 Å². The Morgan fingerprint density at radius 2 is 1.80 bits per heavy atom. The van der Waals surface area contributed by atoms with Gasteiger partial charge in [0.15, 0.2) is 11.5 Å². The number of benzene rings is 1. The number of aromatic nitrogens is 2. The van der Waals surface area contributed by atoms with Crippen LogP contribution in [0.1, 0.15) is 5.56 Å². The molecule has 2 rings (SSSR count). The molecule has 5 N–H and O–H groups in total. The second kappa shape index (κ2) is 5.96. The zero-order valence-electron chi connectivity index (χ0n) is 11.4. The van der Waals surface area contributed by atoms with Crippen LogP contribution in [0.4, 0.5) is 17.6 Å². The minimum atomic E-state index is 0.139. The Kier molecular flexibility index (Phi) is 4.09. The number of rotatable bonds is 5. The van der Waals surface area contributed by atoms with Crippen LogP contribution in [0.5, 0.6) is 11.5 Å². The molecule has 20 heavy (non-hydrogen) atoms. The van der Waals surface area contributed by atoms with Gasteiger partial charge in [0.1, 0.15) is 11.6 Å². The molecule has 1 heterocycles. The molecule has 7 heteroatoms. The van der Waals surface area contributed by atoms with Crippen LogP contribution >= 0.6 is 0 Å². The molecule has 0 aliphatic heterocycles. The normalized spacial score (nSPS) is 10.1. The van der Waals surface area contributed by atoms with Crippen LogP contribution < -0.4 is 26.3 Å². The Morgan fingerprint density at radius 3 is 2.45 bits per heavy atom. The summed E-state index contributed by atoms with van der Waals surface area (Å²) in [7, 11) is 3.20. The van der Waals surface area contributed by atoms with Gasteiger partial charge in [-0.1, -0.05) is 6.07 Å². The van der Waals surface area contributed by atoms with E-state index in [1.54, 1.807) is 20.3 Å². The quantitative estimate of drug-likeness (QED) is 0.754. The molecule has 0 spiro atoms. The summed E-state index contributed by atoms with van der Waals surface area (Å²) in [6.45, 7) is 0.552. The predicted octanol–water partition coefficient (Wildman–Crippen LogP) is 1.27. The Bertz CT molecular complexity index is 583. The van der Waals surface area contributed by atoms with E-state index in [0.29, 0.717) is 29.7 Å². The maximum absolute atomic E-state index is 5.60. The van der Waals surface area contributed by atoms with Gasteiger partial charge in [-0.05, 0) is 17.7 Å². The molecular formula is C13H17N5O2. The molecule has 0 atom stereocenters. The van der Waals surface area contributed by atoms with Gasteiger partial charge in [-0.3, -0.25) is 0 Å². The van der Waals surface area contributed by atoms with Gasteiger partial charge in [0.25, 0.3) is 0 Å². The molecule has 0 amide bonds. The molecule has 7 nitrogen and oxygen atoms in total. The summed E-state index contributed by atoms with van der Waals surface area (Å²) in [6.07, 6.45) is 0. The SMILES string of the molecule is COc1ccc(CNc2cc(N)nc(N)n2)cc1OC. The van der Waals surface area contributed by atoms with Crippen molar-refractivity contribution < 1.29 is 9.47 Å². The van der Waals surface area contributed by atoms with E-state index in [4.69, 9.17) is 20.9 Å². The van der Waals surface area contributed by atoms with E-state index in [0.717, 1.165) is 5.56 Å². The maximum Gasteiger partial charge on any atom is 0.223 e. The summed E-state index contributed by atoms with van der Waals surface area (Å²) < 4.78 is 10.4. The summed E-state index contributed by atoms with van der Waals surface area (Å²) in [5, 5.41) is 3.12. The predicted molar refractivity (Wildman–Crippen MR) is 77.7 cm³/mol. The highest BCUT2D eigenvalue weighted by atomic mass is 16.5. The first-order valence-electron chi connectivity index (χ1n) is 5.97. The maximum atomic E-state index is 5.60. The molecule has 0 bridgehead atoms. The lowest BCUT2D eigenvalue weighted by atomic mass is 10.2. The highest BCUT2D eigenvalue weighted by Gasteiger charge is 2.05. The van der Waals surface area contributed by atoms with Crippen molar-refractivity contribution in [3.63, 3.8) is 0 Å². The number of hydrogen-bond donors (Lipinski definition) is 3. The number of nitrogens with zero attached hydrogens (tertiary/aromatic N) is 2. The summed E-state index contributed by atoms with van der Waals surface area (Å²) in [6, 6.07) is 7.29. The second-order valence-corrected chi connectivity index (χ2v) is 4.08. The van der Waals surface area contributed by atoms with Gasteiger partial charge in [0.05, 0.1) is 14.2 Å². The smallest absolute Gasteiger partial charge is 0.223 e. The standard InChI is InChI=1S/C13H17N5O2/c1-19-9-4-3-8(5-10(9)20-2)7-16-12-6-11(14)17-13(15)18-12/h3-6H,7H2,1-2H3,(H5,14,15,16,17,18). The van der Waals surface area contributed by atoms with E-state index in [-0.39, 0.29) is 5.95 Å². The number of nitrogens with one attached hydrogen (secondary N) is 1. The lowest BCUT2D eigenvalue weighted by Gasteiger charge is -2.11. The van der Waals surface area contributed by atoms with Gasteiger partial charge in [-0.25, -0.2) is 0 Å². The van der Waals surface area contributed by atoms with Crippen LogP contribution in [-0.2, 0) is 6.54 Å². The van der Waals surface area contributed by atoms with Crippen molar-refractivity contribution in [2.45, 2.75) is 6.54 Å².